The van der Waals surface area contributed by atoms with Gasteiger partial charge in [0.15, 0.2) is 0 Å². The first-order chi connectivity index (χ1) is 10.7. The Morgan fingerprint density at radius 2 is 1.95 bits per heavy atom. The molecule has 3 heteroatoms. The van der Waals surface area contributed by atoms with Gasteiger partial charge in [-0.1, -0.05) is 12.5 Å². The van der Waals surface area contributed by atoms with E-state index in [1.807, 2.05) is 12.1 Å². The molecule has 0 radical (unpaired) electrons. The Morgan fingerprint density at radius 3 is 2.77 bits per heavy atom. The molecule has 3 fully saturated rings. The normalized spacial score (nSPS) is 35.5. The Hall–Kier alpha value is -2.00. The van der Waals surface area contributed by atoms with Gasteiger partial charge in [0.2, 0.25) is 0 Å². The van der Waals surface area contributed by atoms with Gasteiger partial charge in [-0.2, -0.15) is 10.5 Å². The van der Waals surface area contributed by atoms with E-state index in [1.165, 1.54) is 25.7 Å². The SMILES string of the molecule is N#Cc1cccc(OC23CCCC4CC(CC4C2)C3)c1C#N. The first kappa shape index (κ1) is 13.6. The first-order valence-corrected chi connectivity index (χ1v) is 8.35. The van der Waals surface area contributed by atoms with Crippen LogP contribution < -0.4 is 4.74 Å². The number of rotatable bonds is 2. The number of ether oxygens (including phenoxy) is 1. The minimum Gasteiger partial charge on any atom is -0.486 e. The minimum atomic E-state index is -0.0987. The maximum absolute atomic E-state index is 9.42. The lowest BCUT2D eigenvalue weighted by Gasteiger charge is -2.40. The molecule has 112 valence electrons. The second-order valence-electron chi connectivity index (χ2n) is 7.35. The molecule has 3 saturated carbocycles. The highest BCUT2D eigenvalue weighted by atomic mass is 16.5. The van der Waals surface area contributed by atoms with Crippen molar-refractivity contribution >= 4 is 0 Å². The Kier molecular flexibility index (Phi) is 3.12. The van der Waals surface area contributed by atoms with Crippen LogP contribution in [0.15, 0.2) is 18.2 Å². The first-order valence-electron chi connectivity index (χ1n) is 8.35. The molecule has 0 saturated heterocycles. The predicted molar refractivity (Wildman–Crippen MR) is 82.0 cm³/mol. The van der Waals surface area contributed by atoms with Crippen LogP contribution in [-0.2, 0) is 0 Å². The van der Waals surface area contributed by atoms with E-state index >= 15 is 0 Å². The molecule has 1 aromatic carbocycles. The average Bonchev–Trinajstić information content (AvgIpc) is 2.74. The van der Waals surface area contributed by atoms with E-state index in [-0.39, 0.29) is 5.60 Å². The molecule has 4 unspecified atom stereocenters. The number of benzene rings is 1. The fourth-order valence-electron chi connectivity index (χ4n) is 5.28. The van der Waals surface area contributed by atoms with E-state index in [1.54, 1.807) is 6.07 Å². The molecule has 3 aliphatic rings. The van der Waals surface area contributed by atoms with E-state index in [9.17, 15) is 10.5 Å². The molecule has 0 aromatic heterocycles. The Balaban J connectivity index is 1.69. The highest BCUT2D eigenvalue weighted by Crippen LogP contribution is 2.56. The molecule has 3 bridgehead atoms. The monoisotopic (exact) mass is 292 g/mol. The van der Waals surface area contributed by atoms with E-state index in [4.69, 9.17) is 4.74 Å². The van der Waals surface area contributed by atoms with Gasteiger partial charge in [0.05, 0.1) is 5.56 Å². The highest BCUT2D eigenvalue weighted by Gasteiger charge is 2.51. The standard InChI is InChI=1S/C19H20N2O/c20-11-15-3-1-5-18(17(15)12-21)22-19-6-2-4-14-7-13(9-19)8-16(14)10-19/h1,3,5,13-14,16H,2,4,6-10H2. The molecule has 0 aliphatic heterocycles. The fourth-order valence-corrected chi connectivity index (χ4v) is 5.28. The van der Waals surface area contributed by atoms with Gasteiger partial charge in [0, 0.05) is 0 Å². The van der Waals surface area contributed by atoms with Crippen molar-refractivity contribution < 1.29 is 4.74 Å². The van der Waals surface area contributed by atoms with Gasteiger partial charge in [0.25, 0.3) is 0 Å². The lowest BCUT2D eigenvalue weighted by atomic mass is 9.76. The minimum absolute atomic E-state index is 0.0987. The third-order valence-corrected chi connectivity index (χ3v) is 6.03. The quantitative estimate of drug-likeness (QED) is 0.822. The van der Waals surface area contributed by atoms with Crippen LogP contribution in [0, 0.1) is 40.4 Å². The molecule has 0 heterocycles. The van der Waals surface area contributed by atoms with Crippen LogP contribution in [0.1, 0.15) is 56.1 Å². The van der Waals surface area contributed by atoms with Gasteiger partial charge in [-0.05, 0) is 68.4 Å². The number of nitriles is 2. The van der Waals surface area contributed by atoms with Crippen LogP contribution in [-0.4, -0.2) is 5.60 Å². The van der Waals surface area contributed by atoms with Gasteiger partial charge in [-0.3, -0.25) is 0 Å². The van der Waals surface area contributed by atoms with Gasteiger partial charge in [-0.15, -0.1) is 0 Å². The van der Waals surface area contributed by atoms with Crippen molar-refractivity contribution in [1.82, 2.24) is 0 Å². The Labute approximate surface area is 131 Å². The molecule has 0 spiro atoms. The van der Waals surface area contributed by atoms with Crippen molar-refractivity contribution in [2.45, 2.75) is 50.5 Å². The lowest BCUT2D eigenvalue weighted by Crippen LogP contribution is -2.41. The summed E-state index contributed by atoms with van der Waals surface area (Å²) >= 11 is 0. The number of hydrogen-bond donors (Lipinski definition) is 0. The Morgan fingerprint density at radius 1 is 1.09 bits per heavy atom. The topological polar surface area (TPSA) is 56.8 Å². The van der Waals surface area contributed by atoms with Crippen molar-refractivity contribution in [3.8, 4) is 17.9 Å². The summed E-state index contributed by atoms with van der Waals surface area (Å²) in [6, 6.07) is 9.64. The molecule has 22 heavy (non-hydrogen) atoms. The highest BCUT2D eigenvalue weighted by molar-refractivity contribution is 5.54. The zero-order chi connectivity index (χ0) is 15.2. The summed E-state index contributed by atoms with van der Waals surface area (Å²) in [4.78, 5) is 0. The van der Waals surface area contributed by atoms with Crippen LogP contribution in [0.3, 0.4) is 0 Å². The van der Waals surface area contributed by atoms with Crippen LogP contribution in [0.25, 0.3) is 0 Å². The molecule has 3 nitrogen and oxygen atoms in total. The van der Waals surface area contributed by atoms with E-state index in [2.05, 4.69) is 12.1 Å². The van der Waals surface area contributed by atoms with Gasteiger partial charge in [0.1, 0.15) is 29.1 Å². The van der Waals surface area contributed by atoms with Crippen LogP contribution in [0.2, 0.25) is 0 Å². The number of nitrogens with zero attached hydrogens (tertiary/aromatic N) is 2. The molecule has 0 N–H and O–H groups in total. The van der Waals surface area contributed by atoms with Crippen LogP contribution in [0.4, 0.5) is 0 Å². The summed E-state index contributed by atoms with van der Waals surface area (Å²) in [5.41, 5.74) is 0.721. The van der Waals surface area contributed by atoms with Crippen molar-refractivity contribution in [3.05, 3.63) is 29.3 Å². The summed E-state index contributed by atoms with van der Waals surface area (Å²) in [7, 11) is 0. The maximum Gasteiger partial charge on any atom is 0.139 e. The van der Waals surface area contributed by atoms with Gasteiger partial charge >= 0.3 is 0 Å². The smallest absolute Gasteiger partial charge is 0.139 e. The third-order valence-electron chi connectivity index (χ3n) is 6.03. The average molecular weight is 292 g/mol. The van der Waals surface area contributed by atoms with Crippen LogP contribution >= 0.6 is 0 Å². The third kappa shape index (κ3) is 2.08. The van der Waals surface area contributed by atoms with Crippen molar-refractivity contribution in [3.63, 3.8) is 0 Å². The molecular weight excluding hydrogens is 272 g/mol. The summed E-state index contributed by atoms with van der Waals surface area (Å²) in [6.45, 7) is 0. The summed E-state index contributed by atoms with van der Waals surface area (Å²) in [6.07, 6.45) is 8.68. The second-order valence-corrected chi connectivity index (χ2v) is 7.35. The summed E-state index contributed by atoms with van der Waals surface area (Å²) < 4.78 is 6.48. The molecule has 0 amide bonds. The van der Waals surface area contributed by atoms with Gasteiger partial charge in [-0.25, -0.2) is 0 Å². The lowest BCUT2D eigenvalue weighted by molar-refractivity contribution is -0.000723. The van der Waals surface area contributed by atoms with E-state index in [0.717, 1.165) is 37.0 Å². The largest absolute Gasteiger partial charge is 0.486 e. The Bertz CT molecular complexity index is 684. The zero-order valence-corrected chi connectivity index (χ0v) is 12.7. The predicted octanol–water partition coefficient (Wildman–Crippen LogP) is 4.17. The van der Waals surface area contributed by atoms with E-state index < -0.39 is 0 Å². The molecular formula is C19H20N2O. The summed E-state index contributed by atoms with van der Waals surface area (Å²) in [5.74, 6) is 3.12. The van der Waals surface area contributed by atoms with Crippen molar-refractivity contribution in [2.24, 2.45) is 17.8 Å². The molecule has 4 rings (SSSR count). The zero-order valence-electron chi connectivity index (χ0n) is 12.7. The fraction of sp³-hybridized carbons (Fsp3) is 0.579. The number of hydrogen-bond acceptors (Lipinski definition) is 3. The molecule has 4 atom stereocenters. The maximum atomic E-state index is 9.42. The second kappa shape index (κ2) is 5.03. The van der Waals surface area contributed by atoms with Gasteiger partial charge < -0.3 is 4.74 Å². The molecule has 1 aromatic rings. The van der Waals surface area contributed by atoms with Crippen molar-refractivity contribution in [1.29, 1.82) is 10.5 Å². The summed E-state index contributed by atoms with van der Waals surface area (Å²) in [5, 5.41) is 18.6. The molecule has 3 aliphatic carbocycles. The van der Waals surface area contributed by atoms with E-state index in [0.29, 0.717) is 16.9 Å². The van der Waals surface area contributed by atoms with Crippen LogP contribution in [0.5, 0.6) is 5.75 Å². The van der Waals surface area contributed by atoms with Crippen molar-refractivity contribution in [2.75, 3.05) is 0 Å². The number of fused-ring (bicyclic) bond motifs is 2.